The molecule has 1 amide bonds. The van der Waals surface area contributed by atoms with Crippen molar-refractivity contribution in [2.24, 2.45) is 11.3 Å². The molecule has 1 aliphatic rings. The second-order valence-corrected chi connectivity index (χ2v) is 5.17. The molecule has 1 rings (SSSR count). The van der Waals surface area contributed by atoms with Gasteiger partial charge in [-0.25, -0.2) is 0 Å². The highest BCUT2D eigenvalue weighted by atomic mass is 16.2. The van der Waals surface area contributed by atoms with E-state index in [1.54, 1.807) is 13.8 Å². The van der Waals surface area contributed by atoms with Crippen LogP contribution in [0.3, 0.4) is 0 Å². The Kier molecular flexibility index (Phi) is 3.73. The zero-order chi connectivity index (χ0) is 11.5. The SMILES string of the molecule is CC1CCC(NC(=O)C(C)(C)C#N)CC1. The smallest absolute Gasteiger partial charge is 0.240 e. The van der Waals surface area contributed by atoms with Crippen LogP contribution in [0.1, 0.15) is 46.5 Å². The van der Waals surface area contributed by atoms with E-state index in [1.165, 1.54) is 12.8 Å². The Morgan fingerprint density at radius 3 is 2.33 bits per heavy atom. The van der Waals surface area contributed by atoms with Crippen LogP contribution in [0.2, 0.25) is 0 Å². The molecule has 3 nitrogen and oxygen atoms in total. The summed E-state index contributed by atoms with van der Waals surface area (Å²) in [5.41, 5.74) is -0.900. The number of rotatable bonds is 2. The van der Waals surface area contributed by atoms with Gasteiger partial charge in [-0.1, -0.05) is 6.92 Å². The number of hydrogen-bond donors (Lipinski definition) is 1. The Morgan fingerprint density at radius 2 is 1.87 bits per heavy atom. The Bertz CT molecular complexity index is 270. The lowest BCUT2D eigenvalue weighted by molar-refractivity contribution is -0.127. The molecule has 0 heterocycles. The van der Waals surface area contributed by atoms with Crippen LogP contribution >= 0.6 is 0 Å². The van der Waals surface area contributed by atoms with Crippen LogP contribution in [0.25, 0.3) is 0 Å². The molecule has 0 atom stereocenters. The molecule has 84 valence electrons. The molecule has 0 bridgehead atoms. The molecule has 0 aliphatic heterocycles. The van der Waals surface area contributed by atoms with Crippen molar-refractivity contribution in [3.05, 3.63) is 0 Å². The Labute approximate surface area is 91.9 Å². The summed E-state index contributed by atoms with van der Waals surface area (Å²) >= 11 is 0. The second kappa shape index (κ2) is 4.65. The number of amides is 1. The lowest BCUT2D eigenvalue weighted by Crippen LogP contribution is -2.43. The van der Waals surface area contributed by atoms with Crippen molar-refractivity contribution in [2.75, 3.05) is 0 Å². The van der Waals surface area contributed by atoms with E-state index >= 15 is 0 Å². The highest BCUT2D eigenvalue weighted by Crippen LogP contribution is 2.24. The summed E-state index contributed by atoms with van der Waals surface area (Å²) in [6.45, 7) is 5.57. The molecule has 15 heavy (non-hydrogen) atoms. The predicted molar refractivity (Wildman–Crippen MR) is 59.0 cm³/mol. The van der Waals surface area contributed by atoms with E-state index in [0.717, 1.165) is 18.8 Å². The summed E-state index contributed by atoms with van der Waals surface area (Å²) in [6.07, 6.45) is 4.46. The van der Waals surface area contributed by atoms with Crippen molar-refractivity contribution in [3.63, 3.8) is 0 Å². The molecule has 0 aromatic rings. The lowest BCUT2D eigenvalue weighted by Gasteiger charge is -2.28. The van der Waals surface area contributed by atoms with Gasteiger partial charge < -0.3 is 5.32 Å². The Morgan fingerprint density at radius 1 is 1.33 bits per heavy atom. The largest absolute Gasteiger partial charge is 0.352 e. The summed E-state index contributed by atoms with van der Waals surface area (Å²) in [5, 5.41) is 11.8. The van der Waals surface area contributed by atoms with Crippen molar-refractivity contribution >= 4 is 5.91 Å². The highest BCUT2D eigenvalue weighted by Gasteiger charge is 2.30. The summed E-state index contributed by atoms with van der Waals surface area (Å²) in [4.78, 5) is 11.7. The van der Waals surface area contributed by atoms with Crippen LogP contribution in [0.4, 0.5) is 0 Å². The van der Waals surface area contributed by atoms with E-state index in [2.05, 4.69) is 12.2 Å². The molecule has 1 saturated carbocycles. The molecule has 3 heteroatoms. The Hall–Kier alpha value is -1.04. The normalized spacial score (nSPS) is 26.8. The van der Waals surface area contributed by atoms with Crippen LogP contribution in [0, 0.1) is 22.7 Å². The maximum Gasteiger partial charge on any atom is 0.240 e. The van der Waals surface area contributed by atoms with Crippen LogP contribution < -0.4 is 5.32 Å². The Balaban J connectivity index is 2.43. The van der Waals surface area contributed by atoms with Crippen molar-refractivity contribution < 1.29 is 4.79 Å². The van der Waals surface area contributed by atoms with Gasteiger partial charge >= 0.3 is 0 Å². The number of nitrogens with zero attached hydrogens (tertiary/aromatic N) is 1. The van der Waals surface area contributed by atoms with Gasteiger partial charge in [0.1, 0.15) is 5.41 Å². The van der Waals surface area contributed by atoms with Gasteiger partial charge in [0.15, 0.2) is 0 Å². The topological polar surface area (TPSA) is 52.9 Å². The van der Waals surface area contributed by atoms with Gasteiger partial charge in [0, 0.05) is 6.04 Å². The second-order valence-electron chi connectivity index (χ2n) is 5.17. The fourth-order valence-electron chi connectivity index (χ4n) is 1.82. The zero-order valence-electron chi connectivity index (χ0n) is 9.84. The van der Waals surface area contributed by atoms with Crippen LogP contribution in [-0.2, 0) is 4.79 Å². The van der Waals surface area contributed by atoms with Gasteiger partial charge in [0.2, 0.25) is 5.91 Å². The average molecular weight is 208 g/mol. The maximum absolute atomic E-state index is 11.7. The fourth-order valence-corrected chi connectivity index (χ4v) is 1.82. The minimum atomic E-state index is -0.900. The number of carbonyl (C=O) groups is 1. The van der Waals surface area contributed by atoms with E-state index in [-0.39, 0.29) is 11.9 Å². The van der Waals surface area contributed by atoms with Gasteiger partial charge in [0.05, 0.1) is 6.07 Å². The van der Waals surface area contributed by atoms with Gasteiger partial charge in [-0.3, -0.25) is 4.79 Å². The molecular formula is C12H20N2O. The van der Waals surface area contributed by atoms with E-state index in [0.29, 0.717) is 0 Å². The van der Waals surface area contributed by atoms with Crippen molar-refractivity contribution in [1.29, 1.82) is 5.26 Å². The minimum Gasteiger partial charge on any atom is -0.352 e. The summed E-state index contributed by atoms with van der Waals surface area (Å²) in [7, 11) is 0. The van der Waals surface area contributed by atoms with E-state index in [1.807, 2.05) is 6.07 Å². The van der Waals surface area contributed by atoms with Gasteiger partial charge in [0.25, 0.3) is 0 Å². The summed E-state index contributed by atoms with van der Waals surface area (Å²) in [5.74, 6) is 0.645. The first-order valence-corrected chi connectivity index (χ1v) is 5.68. The summed E-state index contributed by atoms with van der Waals surface area (Å²) in [6, 6.07) is 2.31. The first-order valence-electron chi connectivity index (χ1n) is 5.68. The lowest BCUT2D eigenvalue weighted by atomic mass is 9.86. The summed E-state index contributed by atoms with van der Waals surface area (Å²) < 4.78 is 0. The molecule has 1 N–H and O–H groups in total. The van der Waals surface area contributed by atoms with Crippen LogP contribution in [0.15, 0.2) is 0 Å². The first kappa shape index (κ1) is 12.0. The quantitative estimate of drug-likeness (QED) is 0.756. The average Bonchev–Trinajstić information content (AvgIpc) is 2.21. The molecular weight excluding hydrogens is 188 g/mol. The third kappa shape index (κ3) is 3.23. The molecule has 0 spiro atoms. The third-order valence-corrected chi connectivity index (χ3v) is 3.20. The number of nitrogens with one attached hydrogen (secondary N) is 1. The van der Waals surface area contributed by atoms with Gasteiger partial charge in [-0.15, -0.1) is 0 Å². The monoisotopic (exact) mass is 208 g/mol. The molecule has 0 saturated heterocycles. The van der Waals surface area contributed by atoms with E-state index in [9.17, 15) is 4.79 Å². The molecule has 0 radical (unpaired) electrons. The highest BCUT2D eigenvalue weighted by molar-refractivity contribution is 5.84. The molecule has 0 unspecified atom stereocenters. The van der Waals surface area contributed by atoms with Gasteiger partial charge in [-0.2, -0.15) is 5.26 Å². The molecule has 1 fully saturated rings. The van der Waals surface area contributed by atoms with Gasteiger partial charge in [-0.05, 0) is 45.4 Å². The van der Waals surface area contributed by atoms with Crippen LogP contribution in [0.5, 0.6) is 0 Å². The van der Waals surface area contributed by atoms with Crippen molar-refractivity contribution in [3.8, 4) is 6.07 Å². The first-order chi connectivity index (χ1) is 6.95. The molecule has 1 aliphatic carbocycles. The van der Waals surface area contributed by atoms with E-state index in [4.69, 9.17) is 5.26 Å². The molecule has 0 aromatic carbocycles. The van der Waals surface area contributed by atoms with Crippen molar-refractivity contribution in [1.82, 2.24) is 5.32 Å². The predicted octanol–water partition coefficient (Wildman–Crippen LogP) is 2.23. The maximum atomic E-state index is 11.7. The number of nitriles is 1. The zero-order valence-corrected chi connectivity index (χ0v) is 9.84. The van der Waals surface area contributed by atoms with Crippen LogP contribution in [-0.4, -0.2) is 11.9 Å². The van der Waals surface area contributed by atoms with Crippen molar-refractivity contribution in [2.45, 2.75) is 52.5 Å². The molecule has 0 aromatic heterocycles. The standard InChI is InChI=1S/C12H20N2O/c1-9-4-6-10(7-5-9)14-11(15)12(2,3)8-13/h9-10H,4-7H2,1-3H3,(H,14,15). The number of carbonyl (C=O) groups excluding carboxylic acids is 1. The number of hydrogen-bond acceptors (Lipinski definition) is 2. The fraction of sp³-hybridized carbons (Fsp3) is 0.833. The van der Waals surface area contributed by atoms with E-state index < -0.39 is 5.41 Å². The minimum absolute atomic E-state index is 0.135. The third-order valence-electron chi connectivity index (χ3n) is 3.20.